The van der Waals surface area contributed by atoms with Crippen LogP contribution in [0.25, 0.3) is 0 Å². The van der Waals surface area contributed by atoms with E-state index in [1.165, 1.54) is 0 Å². The molecule has 140 valence electrons. The molecule has 1 atom stereocenters. The minimum absolute atomic E-state index is 0.000488. The van der Waals surface area contributed by atoms with Gasteiger partial charge in [0.25, 0.3) is 0 Å². The van der Waals surface area contributed by atoms with Crippen molar-refractivity contribution in [1.29, 1.82) is 0 Å². The third kappa shape index (κ3) is 4.09. The van der Waals surface area contributed by atoms with Crippen LogP contribution in [-0.4, -0.2) is 24.4 Å². The number of anilines is 1. The molecule has 1 fully saturated rings. The van der Waals surface area contributed by atoms with E-state index in [0.717, 1.165) is 17.0 Å². The molecule has 27 heavy (non-hydrogen) atoms. The van der Waals surface area contributed by atoms with Gasteiger partial charge in [-0.1, -0.05) is 36.7 Å². The second-order valence-electron chi connectivity index (χ2n) is 5.98. The SMILES string of the molecule is CC1CC(=O)N(c2cc(OCC(=O)Oc3ccccc3)c(Cl)cc2F)C1=O. The highest BCUT2D eigenvalue weighted by Gasteiger charge is 2.38. The van der Waals surface area contributed by atoms with Crippen molar-refractivity contribution in [3.8, 4) is 11.5 Å². The monoisotopic (exact) mass is 391 g/mol. The summed E-state index contributed by atoms with van der Waals surface area (Å²) in [5.74, 6) is -2.77. The van der Waals surface area contributed by atoms with E-state index in [9.17, 15) is 18.8 Å². The highest BCUT2D eigenvalue weighted by atomic mass is 35.5. The van der Waals surface area contributed by atoms with Crippen molar-refractivity contribution in [3.05, 3.63) is 53.3 Å². The van der Waals surface area contributed by atoms with Crippen LogP contribution in [0.2, 0.25) is 5.02 Å². The van der Waals surface area contributed by atoms with Crippen LogP contribution in [0, 0.1) is 11.7 Å². The number of hydrogen-bond acceptors (Lipinski definition) is 5. The normalized spacial score (nSPS) is 16.6. The molecular weight excluding hydrogens is 377 g/mol. The van der Waals surface area contributed by atoms with E-state index < -0.39 is 36.1 Å². The number of benzene rings is 2. The summed E-state index contributed by atoms with van der Waals surface area (Å²) in [6, 6.07) is 10.4. The lowest BCUT2D eigenvalue weighted by Gasteiger charge is -2.17. The van der Waals surface area contributed by atoms with Crippen LogP contribution in [0.4, 0.5) is 10.1 Å². The third-order valence-corrected chi connectivity index (χ3v) is 4.23. The summed E-state index contributed by atoms with van der Waals surface area (Å²) in [5, 5.41) is -0.101. The molecule has 0 spiro atoms. The number of carbonyl (C=O) groups excluding carboxylic acids is 3. The van der Waals surface area contributed by atoms with Gasteiger partial charge in [-0.15, -0.1) is 0 Å². The van der Waals surface area contributed by atoms with Crippen LogP contribution in [0.5, 0.6) is 11.5 Å². The number of esters is 1. The lowest BCUT2D eigenvalue weighted by Crippen LogP contribution is -2.31. The minimum atomic E-state index is -0.838. The Morgan fingerprint density at radius 2 is 1.96 bits per heavy atom. The zero-order valence-corrected chi connectivity index (χ0v) is 15.0. The van der Waals surface area contributed by atoms with Gasteiger partial charge in [-0.2, -0.15) is 0 Å². The summed E-state index contributed by atoms with van der Waals surface area (Å²) in [6.07, 6.45) is 0.000488. The third-order valence-electron chi connectivity index (χ3n) is 3.93. The summed E-state index contributed by atoms with van der Waals surface area (Å²) >= 11 is 5.95. The molecule has 1 aliphatic rings. The van der Waals surface area contributed by atoms with Gasteiger partial charge in [0.05, 0.1) is 10.7 Å². The van der Waals surface area contributed by atoms with E-state index in [1.807, 2.05) is 0 Å². The molecule has 0 aliphatic carbocycles. The first-order chi connectivity index (χ1) is 12.9. The Bertz CT molecular complexity index is 902. The molecule has 1 heterocycles. The van der Waals surface area contributed by atoms with Gasteiger partial charge in [0.1, 0.15) is 17.3 Å². The van der Waals surface area contributed by atoms with E-state index in [-0.39, 0.29) is 22.9 Å². The van der Waals surface area contributed by atoms with E-state index >= 15 is 0 Å². The molecule has 6 nitrogen and oxygen atoms in total. The lowest BCUT2D eigenvalue weighted by molar-refractivity contribution is -0.136. The number of carbonyl (C=O) groups is 3. The van der Waals surface area contributed by atoms with Crippen molar-refractivity contribution < 1.29 is 28.2 Å². The Labute approximate surface area is 159 Å². The molecule has 0 radical (unpaired) electrons. The molecule has 0 aromatic heterocycles. The molecule has 2 amide bonds. The first kappa shape index (κ1) is 18.8. The topological polar surface area (TPSA) is 72.9 Å². The number of hydrogen-bond donors (Lipinski definition) is 0. The van der Waals surface area contributed by atoms with Crippen molar-refractivity contribution in [3.63, 3.8) is 0 Å². The Kier molecular flexibility index (Phi) is 5.41. The van der Waals surface area contributed by atoms with Crippen molar-refractivity contribution in [1.82, 2.24) is 0 Å². The van der Waals surface area contributed by atoms with E-state index in [4.69, 9.17) is 21.1 Å². The average Bonchev–Trinajstić information content (AvgIpc) is 2.87. The van der Waals surface area contributed by atoms with Crippen LogP contribution in [-0.2, 0) is 14.4 Å². The smallest absolute Gasteiger partial charge is 0.349 e. The van der Waals surface area contributed by atoms with Crippen LogP contribution in [0.15, 0.2) is 42.5 Å². The number of ether oxygens (including phenoxy) is 2. The summed E-state index contributed by atoms with van der Waals surface area (Å²) in [5.41, 5.74) is -0.259. The number of rotatable bonds is 5. The standard InChI is InChI=1S/C19H15ClFNO5/c1-11-7-17(23)22(19(11)25)15-9-16(13(20)8-14(15)21)26-10-18(24)27-12-5-3-2-4-6-12/h2-6,8-9,11H,7,10H2,1H3. The van der Waals surface area contributed by atoms with E-state index in [0.29, 0.717) is 5.75 Å². The number of nitrogens with zero attached hydrogens (tertiary/aromatic N) is 1. The number of amides is 2. The predicted molar refractivity (Wildman–Crippen MR) is 95.3 cm³/mol. The fourth-order valence-corrected chi connectivity index (χ4v) is 2.83. The number of imide groups is 1. The van der Waals surface area contributed by atoms with Gasteiger partial charge >= 0.3 is 5.97 Å². The predicted octanol–water partition coefficient (Wildman–Crippen LogP) is 3.36. The van der Waals surface area contributed by atoms with Gasteiger partial charge in [-0.25, -0.2) is 14.1 Å². The second kappa shape index (κ2) is 7.75. The van der Waals surface area contributed by atoms with E-state index in [2.05, 4.69) is 0 Å². The fraction of sp³-hybridized carbons (Fsp3) is 0.211. The van der Waals surface area contributed by atoms with Crippen molar-refractivity contribution in [2.45, 2.75) is 13.3 Å². The van der Waals surface area contributed by atoms with Gasteiger partial charge in [0.2, 0.25) is 11.8 Å². The molecule has 1 saturated heterocycles. The maximum absolute atomic E-state index is 14.3. The van der Waals surface area contributed by atoms with Crippen molar-refractivity contribution in [2.75, 3.05) is 11.5 Å². The quantitative estimate of drug-likeness (QED) is 0.444. The van der Waals surface area contributed by atoms with Gasteiger partial charge in [0, 0.05) is 18.4 Å². The molecule has 0 N–H and O–H groups in total. The average molecular weight is 392 g/mol. The highest BCUT2D eigenvalue weighted by molar-refractivity contribution is 6.32. The van der Waals surface area contributed by atoms with Crippen molar-refractivity contribution in [2.24, 2.45) is 5.92 Å². The zero-order chi connectivity index (χ0) is 19.6. The maximum atomic E-state index is 14.3. The van der Waals surface area contributed by atoms with Crippen LogP contribution in [0.3, 0.4) is 0 Å². The molecule has 2 aromatic rings. The van der Waals surface area contributed by atoms with Crippen LogP contribution in [0.1, 0.15) is 13.3 Å². The van der Waals surface area contributed by atoms with Crippen molar-refractivity contribution >= 4 is 35.1 Å². The number of halogens is 2. The number of para-hydroxylation sites is 1. The fourth-order valence-electron chi connectivity index (χ4n) is 2.62. The summed E-state index contributed by atoms with van der Waals surface area (Å²) in [7, 11) is 0. The molecule has 1 unspecified atom stereocenters. The largest absolute Gasteiger partial charge is 0.480 e. The van der Waals surface area contributed by atoms with Crippen LogP contribution < -0.4 is 14.4 Å². The zero-order valence-electron chi connectivity index (χ0n) is 14.3. The molecule has 0 bridgehead atoms. The molecule has 2 aromatic carbocycles. The Balaban J connectivity index is 1.75. The van der Waals surface area contributed by atoms with Gasteiger partial charge in [-0.3, -0.25) is 9.59 Å². The Morgan fingerprint density at radius 3 is 2.59 bits per heavy atom. The van der Waals surface area contributed by atoms with Gasteiger partial charge in [0.15, 0.2) is 6.61 Å². The summed E-state index contributed by atoms with van der Waals surface area (Å²) < 4.78 is 24.6. The highest BCUT2D eigenvalue weighted by Crippen LogP contribution is 2.35. The first-order valence-corrected chi connectivity index (χ1v) is 8.49. The Hall–Kier alpha value is -2.93. The summed E-state index contributed by atoms with van der Waals surface area (Å²) in [6.45, 7) is 1.10. The molecule has 8 heteroatoms. The molecular formula is C19H15ClFNO5. The molecule has 3 rings (SSSR count). The minimum Gasteiger partial charge on any atom is -0.480 e. The lowest BCUT2D eigenvalue weighted by atomic mass is 10.1. The summed E-state index contributed by atoms with van der Waals surface area (Å²) in [4.78, 5) is 36.8. The first-order valence-electron chi connectivity index (χ1n) is 8.11. The molecule has 0 saturated carbocycles. The van der Waals surface area contributed by atoms with Gasteiger partial charge in [-0.05, 0) is 18.2 Å². The van der Waals surface area contributed by atoms with E-state index in [1.54, 1.807) is 37.3 Å². The second-order valence-corrected chi connectivity index (χ2v) is 6.39. The molecule has 1 aliphatic heterocycles. The van der Waals surface area contributed by atoms with Crippen LogP contribution >= 0.6 is 11.6 Å². The Morgan fingerprint density at radius 1 is 1.26 bits per heavy atom. The van der Waals surface area contributed by atoms with Gasteiger partial charge < -0.3 is 9.47 Å². The maximum Gasteiger partial charge on any atom is 0.349 e.